The van der Waals surface area contributed by atoms with E-state index in [1.165, 1.54) is 12.1 Å². The molecule has 192 valence electrons. The van der Waals surface area contributed by atoms with Crippen LogP contribution in [0.25, 0.3) is 0 Å². The zero-order valence-electron chi connectivity index (χ0n) is 19.7. The number of alkyl halides is 3. The number of para-hydroxylation sites is 1. The van der Waals surface area contributed by atoms with E-state index in [1.54, 1.807) is 22.9 Å². The summed E-state index contributed by atoms with van der Waals surface area (Å²) >= 11 is 0. The molecule has 1 N–H and O–H groups in total. The summed E-state index contributed by atoms with van der Waals surface area (Å²) in [5, 5.41) is 8.89. The molecule has 0 radical (unpaired) electrons. The smallest absolute Gasteiger partial charge is 0.481 e. The first-order valence-corrected chi connectivity index (χ1v) is 11.8. The van der Waals surface area contributed by atoms with Crippen molar-refractivity contribution in [3.8, 4) is 5.75 Å². The van der Waals surface area contributed by atoms with Gasteiger partial charge < -0.3 is 19.6 Å². The SMILES string of the molecule is CN(C(=O)CCCC(=O)O)C1c2ccccc2N(C(=O)c2ccc(OC(F)(F)F)cc2)C2CCCC12. The van der Waals surface area contributed by atoms with Gasteiger partial charge in [-0.05, 0) is 55.2 Å². The number of anilines is 1. The van der Waals surface area contributed by atoms with E-state index in [1.807, 2.05) is 18.2 Å². The summed E-state index contributed by atoms with van der Waals surface area (Å²) in [6, 6.07) is 11.8. The zero-order chi connectivity index (χ0) is 26.0. The van der Waals surface area contributed by atoms with Gasteiger partial charge in [0.25, 0.3) is 5.91 Å². The predicted octanol–water partition coefficient (Wildman–Crippen LogP) is 5.17. The summed E-state index contributed by atoms with van der Waals surface area (Å²) in [7, 11) is 1.72. The Bertz CT molecular complexity index is 1140. The highest BCUT2D eigenvalue weighted by Gasteiger charge is 2.48. The fraction of sp³-hybridized carbons (Fsp3) is 0.423. The molecule has 1 fully saturated rings. The molecule has 1 aliphatic carbocycles. The number of fused-ring (bicyclic) bond motifs is 2. The molecule has 0 spiro atoms. The molecule has 0 bridgehead atoms. The van der Waals surface area contributed by atoms with Gasteiger partial charge in [0.1, 0.15) is 5.75 Å². The van der Waals surface area contributed by atoms with Crippen molar-refractivity contribution in [3.05, 3.63) is 59.7 Å². The van der Waals surface area contributed by atoms with E-state index in [2.05, 4.69) is 4.74 Å². The molecule has 4 rings (SSSR count). The van der Waals surface area contributed by atoms with E-state index in [9.17, 15) is 27.6 Å². The van der Waals surface area contributed by atoms with Crippen molar-refractivity contribution in [1.82, 2.24) is 4.90 Å². The molecule has 2 aromatic carbocycles. The van der Waals surface area contributed by atoms with Gasteiger partial charge in [-0.25, -0.2) is 0 Å². The predicted molar refractivity (Wildman–Crippen MR) is 125 cm³/mol. The van der Waals surface area contributed by atoms with Crippen LogP contribution < -0.4 is 9.64 Å². The number of nitrogens with zero attached hydrogens (tertiary/aromatic N) is 2. The van der Waals surface area contributed by atoms with Crippen molar-refractivity contribution < 1.29 is 37.4 Å². The molecule has 2 aromatic rings. The standard InChI is InChI=1S/C26H27F3N2O5/c1-30(22(32)10-5-11-23(33)34)24-18-6-2-3-8-20(18)31(21-9-4-7-19(21)24)25(35)16-12-14-17(15-13-16)36-26(27,28)29/h2-3,6,8,12-15,19,21,24H,4-5,7,9-11H2,1H3,(H,33,34). The average molecular weight is 505 g/mol. The Morgan fingerprint density at radius 3 is 2.42 bits per heavy atom. The first-order chi connectivity index (χ1) is 17.1. The van der Waals surface area contributed by atoms with Crippen LogP contribution in [0.4, 0.5) is 18.9 Å². The van der Waals surface area contributed by atoms with Crippen LogP contribution >= 0.6 is 0 Å². The number of carbonyl (C=O) groups excluding carboxylic acids is 2. The van der Waals surface area contributed by atoms with E-state index < -0.39 is 18.1 Å². The minimum Gasteiger partial charge on any atom is -0.481 e. The second kappa shape index (κ2) is 10.2. The number of hydrogen-bond donors (Lipinski definition) is 1. The number of hydrogen-bond acceptors (Lipinski definition) is 4. The Balaban J connectivity index is 1.63. The highest BCUT2D eigenvalue weighted by molar-refractivity contribution is 6.07. The molecule has 7 nitrogen and oxygen atoms in total. The maximum atomic E-state index is 13.6. The molecule has 2 amide bonds. The lowest BCUT2D eigenvalue weighted by atomic mass is 9.81. The third-order valence-corrected chi connectivity index (χ3v) is 6.93. The van der Waals surface area contributed by atoms with E-state index >= 15 is 0 Å². The van der Waals surface area contributed by atoms with Crippen molar-refractivity contribution in [1.29, 1.82) is 0 Å². The number of carbonyl (C=O) groups is 3. The van der Waals surface area contributed by atoms with Gasteiger partial charge in [0.05, 0.1) is 6.04 Å². The molecule has 0 aromatic heterocycles. The third kappa shape index (κ3) is 5.32. The minimum absolute atomic E-state index is 0.0230. The molecular formula is C26H27F3N2O5. The molecule has 0 saturated heterocycles. The van der Waals surface area contributed by atoms with Gasteiger partial charge in [-0.1, -0.05) is 24.6 Å². The Labute approximate surface area is 206 Å². The van der Waals surface area contributed by atoms with Gasteiger partial charge in [-0.2, -0.15) is 0 Å². The molecule has 10 heteroatoms. The third-order valence-electron chi connectivity index (χ3n) is 6.93. The molecule has 1 heterocycles. The molecule has 2 aliphatic rings. The molecule has 3 atom stereocenters. The minimum atomic E-state index is -4.82. The molecular weight excluding hydrogens is 477 g/mol. The van der Waals surface area contributed by atoms with Crippen molar-refractivity contribution >= 4 is 23.5 Å². The fourth-order valence-corrected chi connectivity index (χ4v) is 5.44. The fourth-order valence-electron chi connectivity index (χ4n) is 5.44. The number of ether oxygens (including phenoxy) is 1. The largest absolute Gasteiger partial charge is 0.573 e. The number of halogens is 3. The molecule has 3 unspecified atom stereocenters. The van der Waals surface area contributed by atoms with E-state index in [-0.39, 0.29) is 54.6 Å². The number of amides is 2. The number of aliphatic carboxylic acids is 1. The van der Waals surface area contributed by atoms with Crippen LogP contribution in [0.1, 0.15) is 60.5 Å². The van der Waals surface area contributed by atoms with Crippen molar-refractivity contribution in [3.63, 3.8) is 0 Å². The topological polar surface area (TPSA) is 87.2 Å². The summed E-state index contributed by atoms with van der Waals surface area (Å²) in [6.07, 6.45) is -2.13. The monoisotopic (exact) mass is 504 g/mol. The normalized spacial score (nSPS) is 20.9. The first-order valence-electron chi connectivity index (χ1n) is 11.8. The van der Waals surface area contributed by atoms with Gasteiger partial charge in [0.2, 0.25) is 5.91 Å². The van der Waals surface area contributed by atoms with Crippen LogP contribution in [-0.4, -0.2) is 47.2 Å². The van der Waals surface area contributed by atoms with E-state index in [4.69, 9.17) is 5.11 Å². The summed E-state index contributed by atoms with van der Waals surface area (Å²) < 4.78 is 41.5. The molecule has 1 saturated carbocycles. The van der Waals surface area contributed by atoms with Crippen LogP contribution in [-0.2, 0) is 9.59 Å². The second-order valence-corrected chi connectivity index (χ2v) is 9.17. The molecule has 36 heavy (non-hydrogen) atoms. The summed E-state index contributed by atoms with van der Waals surface area (Å²) in [6.45, 7) is 0. The highest BCUT2D eigenvalue weighted by atomic mass is 19.4. The maximum absolute atomic E-state index is 13.6. The van der Waals surface area contributed by atoms with Crippen molar-refractivity contribution in [2.45, 2.75) is 57.0 Å². The average Bonchev–Trinajstić information content (AvgIpc) is 3.30. The van der Waals surface area contributed by atoms with Crippen LogP contribution in [0.3, 0.4) is 0 Å². The van der Waals surface area contributed by atoms with Gasteiger partial charge in [-0.3, -0.25) is 14.4 Å². The summed E-state index contributed by atoms with van der Waals surface area (Å²) in [5.74, 6) is -1.85. The summed E-state index contributed by atoms with van der Waals surface area (Å²) in [4.78, 5) is 40.8. The zero-order valence-corrected chi connectivity index (χ0v) is 19.7. The Morgan fingerprint density at radius 2 is 1.75 bits per heavy atom. The maximum Gasteiger partial charge on any atom is 0.573 e. The van der Waals surface area contributed by atoms with Crippen LogP contribution in [0.5, 0.6) is 5.75 Å². The lowest BCUT2D eigenvalue weighted by Gasteiger charge is -2.46. The summed E-state index contributed by atoms with van der Waals surface area (Å²) in [5.41, 5.74) is 1.72. The second-order valence-electron chi connectivity index (χ2n) is 9.17. The van der Waals surface area contributed by atoms with Crippen molar-refractivity contribution in [2.24, 2.45) is 5.92 Å². The van der Waals surface area contributed by atoms with Gasteiger partial charge in [0, 0.05) is 43.1 Å². The van der Waals surface area contributed by atoms with Crippen LogP contribution in [0, 0.1) is 5.92 Å². The molecule has 1 aliphatic heterocycles. The van der Waals surface area contributed by atoms with E-state index in [0.717, 1.165) is 37.0 Å². The first kappa shape index (κ1) is 25.5. The van der Waals surface area contributed by atoms with Crippen LogP contribution in [0.15, 0.2) is 48.5 Å². The Kier molecular flexibility index (Phi) is 7.23. The number of carboxylic acid groups (broad SMARTS) is 1. The lowest BCUT2D eigenvalue weighted by molar-refractivity contribution is -0.274. The lowest BCUT2D eigenvalue weighted by Crippen LogP contribution is -2.51. The van der Waals surface area contributed by atoms with Gasteiger partial charge in [0.15, 0.2) is 0 Å². The van der Waals surface area contributed by atoms with Gasteiger partial charge in [-0.15, -0.1) is 13.2 Å². The van der Waals surface area contributed by atoms with Gasteiger partial charge >= 0.3 is 12.3 Å². The quantitative estimate of drug-likeness (QED) is 0.562. The Morgan fingerprint density at radius 1 is 1.06 bits per heavy atom. The number of rotatable bonds is 7. The number of benzene rings is 2. The van der Waals surface area contributed by atoms with E-state index in [0.29, 0.717) is 5.69 Å². The van der Waals surface area contributed by atoms with Crippen molar-refractivity contribution in [2.75, 3.05) is 11.9 Å². The van der Waals surface area contributed by atoms with Crippen LogP contribution in [0.2, 0.25) is 0 Å². The number of carboxylic acids is 1. The Hall–Kier alpha value is -3.56. The highest BCUT2D eigenvalue weighted by Crippen LogP contribution is 2.50.